The van der Waals surface area contributed by atoms with E-state index in [1.54, 1.807) is 0 Å². The molecule has 0 bridgehead atoms. The molecule has 4 heteroatoms. The Kier molecular flexibility index (Phi) is 3.40. The third kappa shape index (κ3) is 2.81. The van der Waals surface area contributed by atoms with E-state index in [2.05, 4.69) is 40.2 Å². The van der Waals surface area contributed by atoms with Gasteiger partial charge in [-0.15, -0.1) is 0 Å². The van der Waals surface area contributed by atoms with Crippen LogP contribution in [0.4, 0.5) is 0 Å². The van der Waals surface area contributed by atoms with E-state index in [1.165, 1.54) is 24.1 Å². The lowest BCUT2D eigenvalue weighted by Gasteiger charge is -2.28. The largest absolute Gasteiger partial charge is 0.294 e. The van der Waals surface area contributed by atoms with E-state index < -0.39 is 0 Å². The molecule has 1 aliphatic heterocycles. The average Bonchev–Trinajstić information content (AvgIpc) is 3.33. The molecule has 2 aliphatic rings. The molecule has 1 aromatic heterocycles. The van der Waals surface area contributed by atoms with Crippen LogP contribution in [0.3, 0.4) is 0 Å². The number of hydrogen-bond acceptors (Lipinski definition) is 3. The van der Waals surface area contributed by atoms with Crippen LogP contribution in [0.1, 0.15) is 41.4 Å². The third-order valence-corrected chi connectivity index (χ3v) is 4.61. The van der Waals surface area contributed by atoms with E-state index >= 15 is 0 Å². The maximum Gasteiger partial charge on any atom is 0.137 e. The van der Waals surface area contributed by atoms with Crippen molar-refractivity contribution in [2.24, 2.45) is 0 Å². The van der Waals surface area contributed by atoms with Crippen LogP contribution >= 0.6 is 11.6 Å². The molecular weight excluding hydrogens is 282 g/mol. The molecule has 0 unspecified atom stereocenters. The van der Waals surface area contributed by atoms with E-state index in [0.717, 1.165) is 37.4 Å². The van der Waals surface area contributed by atoms with Crippen LogP contribution in [0.25, 0.3) is 0 Å². The van der Waals surface area contributed by atoms with Crippen molar-refractivity contribution in [2.75, 3.05) is 6.54 Å². The molecule has 2 heterocycles. The van der Waals surface area contributed by atoms with Gasteiger partial charge in [-0.1, -0.05) is 41.9 Å². The van der Waals surface area contributed by atoms with Gasteiger partial charge in [-0.3, -0.25) is 4.90 Å². The summed E-state index contributed by atoms with van der Waals surface area (Å²) in [6.07, 6.45) is 3.41. The fourth-order valence-corrected chi connectivity index (χ4v) is 3.20. The first kappa shape index (κ1) is 13.2. The van der Waals surface area contributed by atoms with E-state index in [0.29, 0.717) is 11.1 Å². The molecule has 0 radical (unpaired) electrons. The van der Waals surface area contributed by atoms with Crippen molar-refractivity contribution >= 4 is 11.6 Å². The second kappa shape index (κ2) is 5.39. The minimum atomic E-state index is 0.565. The highest BCUT2D eigenvalue weighted by atomic mass is 35.5. The predicted molar refractivity (Wildman–Crippen MR) is 83.3 cm³/mol. The Balaban J connectivity index is 1.54. The van der Waals surface area contributed by atoms with Gasteiger partial charge in [-0.05, 0) is 18.4 Å². The summed E-state index contributed by atoms with van der Waals surface area (Å²) in [6, 6.07) is 10.6. The zero-order valence-electron chi connectivity index (χ0n) is 11.9. The van der Waals surface area contributed by atoms with Gasteiger partial charge in [0.25, 0.3) is 0 Å². The van der Waals surface area contributed by atoms with Gasteiger partial charge in [0.1, 0.15) is 11.0 Å². The van der Waals surface area contributed by atoms with Gasteiger partial charge in [0.2, 0.25) is 0 Å². The van der Waals surface area contributed by atoms with Gasteiger partial charge in [-0.2, -0.15) is 0 Å². The van der Waals surface area contributed by atoms with E-state index in [4.69, 9.17) is 16.6 Å². The molecule has 4 rings (SSSR count). The third-order valence-electron chi connectivity index (χ3n) is 4.30. The minimum absolute atomic E-state index is 0.565. The molecule has 108 valence electrons. The summed E-state index contributed by atoms with van der Waals surface area (Å²) < 4.78 is 0. The molecule has 1 aromatic carbocycles. The highest BCUT2D eigenvalue weighted by molar-refractivity contribution is 6.30. The van der Waals surface area contributed by atoms with Gasteiger partial charge >= 0.3 is 0 Å². The Morgan fingerprint density at radius 1 is 1.14 bits per heavy atom. The molecule has 0 amide bonds. The van der Waals surface area contributed by atoms with Crippen molar-refractivity contribution in [3.8, 4) is 0 Å². The van der Waals surface area contributed by atoms with Crippen LogP contribution in [0, 0.1) is 0 Å². The Morgan fingerprint density at radius 3 is 2.71 bits per heavy atom. The summed E-state index contributed by atoms with van der Waals surface area (Å²) in [4.78, 5) is 11.7. The number of hydrogen-bond donors (Lipinski definition) is 0. The number of nitrogens with zero attached hydrogens (tertiary/aromatic N) is 3. The maximum absolute atomic E-state index is 6.41. The van der Waals surface area contributed by atoms with Gasteiger partial charge in [-0.25, -0.2) is 9.97 Å². The second-order valence-corrected chi connectivity index (χ2v) is 6.38. The summed E-state index contributed by atoms with van der Waals surface area (Å²) in [7, 11) is 0. The van der Waals surface area contributed by atoms with Crippen molar-refractivity contribution in [1.82, 2.24) is 14.9 Å². The molecule has 0 N–H and O–H groups in total. The average molecular weight is 300 g/mol. The fraction of sp³-hybridized carbons (Fsp3) is 0.412. The lowest BCUT2D eigenvalue weighted by atomic mass is 10.1. The highest BCUT2D eigenvalue weighted by Gasteiger charge is 2.29. The summed E-state index contributed by atoms with van der Waals surface area (Å²) in [5, 5.41) is 0.666. The Bertz CT molecular complexity index is 653. The molecule has 21 heavy (non-hydrogen) atoms. The van der Waals surface area contributed by atoms with Gasteiger partial charge in [0.15, 0.2) is 0 Å². The molecular formula is C17H18ClN3. The first-order chi connectivity index (χ1) is 10.3. The predicted octanol–water partition coefficient (Wildman–Crippen LogP) is 3.57. The summed E-state index contributed by atoms with van der Waals surface area (Å²) in [5.41, 5.74) is 3.64. The van der Waals surface area contributed by atoms with Gasteiger partial charge in [0.05, 0.1) is 5.69 Å². The Morgan fingerprint density at radius 2 is 1.95 bits per heavy atom. The number of halogens is 1. The quantitative estimate of drug-likeness (QED) is 0.811. The SMILES string of the molecule is Clc1nc(C2CC2)nc2c1CN(Cc1ccccc1)CC2. The Labute approximate surface area is 130 Å². The topological polar surface area (TPSA) is 29.0 Å². The maximum atomic E-state index is 6.41. The van der Waals surface area contributed by atoms with E-state index in [9.17, 15) is 0 Å². The van der Waals surface area contributed by atoms with Crippen LogP contribution in [0.2, 0.25) is 5.15 Å². The second-order valence-electron chi connectivity index (χ2n) is 6.02. The zero-order valence-corrected chi connectivity index (χ0v) is 12.7. The van der Waals surface area contributed by atoms with Crippen LogP contribution in [-0.4, -0.2) is 21.4 Å². The first-order valence-corrected chi connectivity index (χ1v) is 7.99. The van der Waals surface area contributed by atoms with Crippen LogP contribution in [-0.2, 0) is 19.5 Å². The molecule has 0 atom stereocenters. The summed E-state index contributed by atoms with van der Waals surface area (Å²) >= 11 is 6.41. The molecule has 2 aromatic rings. The standard InChI is InChI=1S/C17H18ClN3/c18-16-14-11-21(10-12-4-2-1-3-5-12)9-8-15(14)19-17(20-16)13-6-7-13/h1-5,13H,6-11H2. The van der Waals surface area contributed by atoms with Gasteiger partial charge < -0.3 is 0 Å². The van der Waals surface area contributed by atoms with Crippen LogP contribution in [0.15, 0.2) is 30.3 Å². The monoisotopic (exact) mass is 299 g/mol. The normalized spacial score (nSPS) is 18.5. The van der Waals surface area contributed by atoms with Crippen molar-refractivity contribution in [2.45, 2.75) is 38.3 Å². The summed E-state index contributed by atoms with van der Waals surface area (Å²) in [6.45, 7) is 2.86. The van der Waals surface area contributed by atoms with Crippen LogP contribution < -0.4 is 0 Å². The molecule has 3 nitrogen and oxygen atoms in total. The molecule has 1 aliphatic carbocycles. The van der Waals surface area contributed by atoms with Crippen molar-refractivity contribution < 1.29 is 0 Å². The number of rotatable bonds is 3. The number of fused-ring (bicyclic) bond motifs is 1. The van der Waals surface area contributed by atoms with E-state index in [1.807, 2.05) is 0 Å². The number of aromatic nitrogens is 2. The Hall–Kier alpha value is -1.45. The fourth-order valence-electron chi connectivity index (χ4n) is 2.95. The smallest absolute Gasteiger partial charge is 0.137 e. The van der Waals surface area contributed by atoms with E-state index in [-0.39, 0.29) is 0 Å². The van der Waals surface area contributed by atoms with Gasteiger partial charge in [0, 0.05) is 37.5 Å². The lowest BCUT2D eigenvalue weighted by molar-refractivity contribution is 0.242. The highest BCUT2D eigenvalue weighted by Crippen LogP contribution is 2.39. The molecule has 1 saturated carbocycles. The van der Waals surface area contributed by atoms with Crippen molar-refractivity contribution in [1.29, 1.82) is 0 Å². The van der Waals surface area contributed by atoms with Crippen molar-refractivity contribution in [3.63, 3.8) is 0 Å². The molecule has 0 saturated heterocycles. The van der Waals surface area contributed by atoms with Crippen LogP contribution in [0.5, 0.6) is 0 Å². The first-order valence-electron chi connectivity index (χ1n) is 7.61. The van der Waals surface area contributed by atoms with Crippen molar-refractivity contribution in [3.05, 3.63) is 58.1 Å². The zero-order chi connectivity index (χ0) is 14.2. The lowest BCUT2D eigenvalue weighted by Crippen LogP contribution is -2.31. The number of benzene rings is 1. The minimum Gasteiger partial charge on any atom is -0.294 e. The molecule has 0 spiro atoms. The summed E-state index contributed by atoms with van der Waals surface area (Å²) in [5.74, 6) is 1.53. The molecule has 1 fully saturated rings.